The highest BCUT2D eigenvalue weighted by Gasteiger charge is 2.40. The first-order valence-corrected chi connectivity index (χ1v) is 12.6. The van der Waals surface area contributed by atoms with E-state index in [0.29, 0.717) is 37.6 Å². The molecule has 192 valence electrons. The number of hydrogen-bond acceptors (Lipinski definition) is 5. The monoisotopic (exact) mass is 501 g/mol. The number of carboxylic acid groups (broad SMARTS) is 1. The number of carbonyl (C=O) groups excluding carboxylic acids is 1. The molecule has 3 aromatic rings. The summed E-state index contributed by atoms with van der Waals surface area (Å²) in [6.45, 7) is 3.51. The Bertz CT molecular complexity index is 1240. The third-order valence-electron chi connectivity index (χ3n) is 7.01. The first-order chi connectivity index (χ1) is 18.0. The summed E-state index contributed by atoms with van der Waals surface area (Å²) in [5.41, 5.74) is 4.39. The van der Waals surface area contributed by atoms with E-state index in [9.17, 15) is 14.7 Å². The van der Waals surface area contributed by atoms with Crippen LogP contribution in [0.2, 0.25) is 0 Å². The van der Waals surface area contributed by atoms with Gasteiger partial charge in [0.2, 0.25) is 0 Å². The molecule has 0 spiro atoms. The minimum atomic E-state index is -1.05. The number of amides is 1. The van der Waals surface area contributed by atoms with Crippen LogP contribution in [0.15, 0.2) is 72.8 Å². The molecule has 7 nitrogen and oxygen atoms in total. The third kappa shape index (κ3) is 5.53. The standard InChI is InChI=1S/C30H31NO6/c1-20-12-13-23-17-31(29(32)28(22-10-6-3-7-11-22)37-24-14-15-35-19-24)26(30(33)34)16-25(23)27(20)36-18-21-8-4-2-5-9-21/h2-13,24,26,28H,14-19H2,1H3,(H,33,34)/t24-,26-,28+/m1/s1. The van der Waals surface area contributed by atoms with E-state index in [1.165, 1.54) is 4.90 Å². The molecule has 1 amide bonds. The Morgan fingerprint density at radius 1 is 1.05 bits per heavy atom. The van der Waals surface area contributed by atoms with Crippen LogP contribution in [0.4, 0.5) is 0 Å². The highest BCUT2D eigenvalue weighted by Crippen LogP contribution is 2.36. The number of hydrogen-bond donors (Lipinski definition) is 1. The number of benzene rings is 3. The lowest BCUT2D eigenvalue weighted by Crippen LogP contribution is -2.51. The van der Waals surface area contributed by atoms with Gasteiger partial charge in [-0.05, 0) is 35.6 Å². The summed E-state index contributed by atoms with van der Waals surface area (Å²) in [6, 6.07) is 22.0. The zero-order valence-corrected chi connectivity index (χ0v) is 20.8. The molecular formula is C30H31NO6. The summed E-state index contributed by atoms with van der Waals surface area (Å²) in [5, 5.41) is 10.2. The Morgan fingerprint density at radius 2 is 1.78 bits per heavy atom. The normalized spacial score (nSPS) is 19.8. The van der Waals surface area contributed by atoms with Crippen LogP contribution in [0.5, 0.6) is 5.75 Å². The molecular weight excluding hydrogens is 470 g/mol. The molecule has 2 heterocycles. The van der Waals surface area contributed by atoms with Crippen molar-refractivity contribution in [3.63, 3.8) is 0 Å². The van der Waals surface area contributed by atoms with Crippen LogP contribution >= 0.6 is 0 Å². The molecule has 2 aliphatic rings. The molecule has 5 rings (SSSR count). The van der Waals surface area contributed by atoms with Crippen LogP contribution in [0.25, 0.3) is 0 Å². The van der Waals surface area contributed by atoms with Gasteiger partial charge in [-0.1, -0.05) is 72.8 Å². The summed E-state index contributed by atoms with van der Waals surface area (Å²) < 4.78 is 17.9. The van der Waals surface area contributed by atoms with E-state index in [0.717, 1.165) is 22.3 Å². The van der Waals surface area contributed by atoms with Crippen molar-refractivity contribution < 1.29 is 28.9 Å². The number of ether oxygens (including phenoxy) is 3. The first kappa shape index (κ1) is 25.0. The van der Waals surface area contributed by atoms with Crippen LogP contribution < -0.4 is 4.74 Å². The van der Waals surface area contributed by atoms with Gasteiger partial charge in [0.25, 0.3) is 5.91 Å². The van der Waals surface area contributed by atoms with E-state index in [-0.39, 0.29) is 25.0 Å². The van der Waals surface area contributed by atoms with E-state index < -0.39 is 18.1 Å². The van der Waals surface area contributed by atoms with Crippen LogP contribution in [-0.2, 0) is 38.6 Å². The molecule has 1 fully saturated rings. The average Bonchev–Trinajstić information content (AvgIpc) is 3.44. The van der Waals surface area contributed by atoms with Crippen molar-refractivity contribution in [1.29, 1.82) is 0 Å². The molecule has 2 aliphatic heterocycles. The lowest BCUT2D eigenvalue weighted by atomic mass is 9.90. The van der Waals surface area contributed by atoms with E-state index in [2.05, 4.69) is 0 Å². The van der Waals surface area contributed by atoms with Gasteiger partial charge in [-0.2, -0.15) is 0 Å². The molecule has 0 radical (unpaired) electrons. The van der Waals surface area contributed by atoms with Gasteiger partial charge in [0.05, 0.1) is 12.7 Å². The van der Waals surface area contributed by atoms with Gasteiger partial charge in [-0.15, -0.1) is 0 Å². The second-order valence-corrected chi connectivity index (χ2v) is 9.56. The molecule has 37 heavy (non-hydrogen) atoms. The number of carbonyl (C=O) groups is 2. The van der Waals surface area contributed by atoms with Crippen LogP contribution in [0.3, 0.4) is 0 Å². The minimum absolute atomic E-state index is 0.163. The molecule has 0 aromatic heterocycles. The van der Waals surface area contributed by atoms with Gasteiger partial charge >= 0.3 is 5.97 Å². The zero-order valence-electron chi connectivity index (χ0n) is 20.8. The summed E-state index contributed by atoms with van der Waals surface area (Å²) in [7, 11) is 0. The maximum Gasteiger partial charge on any atom is 0.326 e. The van der Waals surface area contributed by atoms with Crippen molar-refractivity contribution in [3.8, 4) is 5.75 Å². The average molecular weight is 502 g/mol. The van der Waals surface area contributed by atoms with Crippen molar-refractivity contribution in [1.82, 2.24) is 4.90 Å². The number of carboxylic acids is 1. The van der Waals surface area contributed by atoms with Crippen molar-refractivity contribution >= 4 is 11.9 Å². The van der Waals surface area contributed by atoms with Crippen LogP contribution in [-0.4, -0.2) is 47.2 Å². The van der Waals surface area contributed by atoms with E-state index in [4.69, 9.17) is 14.2 Å². The Balaban J connectivity index is 1.44. The van der Waals surface area contributed by atoms with Gasteiger partial charge in [-0.25, -0.2) is 4.79 Å². The lowest BCUT2D eigenvalue weighted by Gasteiger charge is -2.37. The molecule has 1 N–H and O–H groups in total. The Labute approximate surface area is 216 Å². The SMILES string of the molecule is Cc1ccc2c(c1OCc1ccccc1)C[C@H](C(=O)O)N(C(=O)[C@@H](O[C@@H]1CCOC1)c1ccccc1)C2. The van der Waals surface area contributed by atoms with Crippen molar-refractivity contribution in [2.45, 2.75) is 51.2 Å². The van der Waals surface area contributed by atoms with Gasteiger partial charge in [0.1, 0.15) is 18.4 Å². The van der Waals surface area contributed by atoms with Crippen LogP contribution in [0, 0.1) is 6.92 Å². The second-order valence-electron chi connectivity index (χ2n) is 9.56. The fourth-order valence-electron chi connectivity index (χ4n) is 5.01. The number of aryl methyl sites for hydroxylation is 1. The summed E-state index contributed by atoms with van der Waals surface area (Å²) >= 11 is 0. The number of nitrogens with zero attached hydrogens (tertiary/aromatic N) is 1. The number of rotatable bonds is 8. The van der Waals surface area contributed by atoms with Gasteiger partial charge in [0.15, 0.2) is 6.10 Å². The quantitative estimate of drug-likeness (QED) is 0.491. The third-order valence-corrected chi connectivity index (χ3v) is 7.01. The maximum absolute atomic E-state index is 13.9. The summed E-state index contributed by atoms with van der Waals surface area (Å²) in [5.74, 6) is -0.715. The fourth-order valence-corrected chi connectivity index (χ4v) is 5.01. The van der Waals surface area contributed by atoms with Crippen molar-refractivity contribution in [2.24, 2.45) is 0 Å². The highest BCUT2D eigenvalue weighted by atomic mass is 16.6. The predicted molar refractivity (Wildman–Crippen MR) is 137 cm³/mol. The van der Waals surface area contributed by atoms with Crippen molar-refractivity contribution in [2.75, 3.05) is 13.2 Å². The first-order valence-electron chi connectivity index (χ1n) is 12.6. The van der Waals surface area contributed by atoms with E-state index in [1.54, 1.807) is 0 Å². The lowest BCUT2D eigenvalue weighted by molar-refractivity contribution is -0.160. The summed E-state index contributed by atoms with van der Waals surface area (Å²) in [6.07, 6.45) is -0.259. The Kier molecular flexibility index (Phi) is 7.53. The fraction of sp³-hybridized carbons (Fsp3) is 0.333. The summed E-state index contributed by atoms with van der Waals surface area (Å²) in [4.78, 5) is 27.8. The molecule has 0 bridgehead atoms. The van der Waals surface area contributed by atoms with Crippen LogP contribution in [0.1, 0.15) is 40.3 Å². The highest BCUT2D eigenvalue weighted by molar-refractivity contribution is 5.88. The molecule has 1 saturated heterocycles. The predicted octanol–water partition coefficient (Wildman–Crippen LogP) is 4.46. The van der Waals surface area contributed by atoms with E-state index >= 15 is 0 Å². The molecule has 3 aromatic carbocycles. The van der Waals surface area contributed by atoms with E-state index in [1.807, 2.05) is 79.7 Å². The molecule has 7 heteroatoms. The Morgan fingerprint density at radius 3 is 2.46 bits per heavy atom. The topological polar surface area (TPSA) is 85.3 Å². The van der Waals surface area contributed by atoms with Gasteiger partial charge < -0.3 is 24.2 Å². The zero-order chi connectivity index (χ0) is 25.8. The molecule has 3 atom stereocenters. The smallest absolute Gasteiger partial charge is 0.326 e. The molecule has 0 aliphatic carbocycles. The van der Waals surface area contributed by atoms with Crippen molar-refractivity contribution in [3.05, 3.63) is 101 Å². The van der Waals surface area contributed by atoms with Gasteiger partial charge in [0, 0.05) is 25.1 Å². The molecule has 0 saturated carbocycles. The largest absolute Gasteiger partial charge is 0.488 e. The second kappa shape index (κ2) is 11.2. The maximum atomic E-state index is 13.9. The number of aliphatic carboxylic acids is 1. The molecule has 0 unspecified atom stereocenters. The Hall–Kier alpha value is -3.68. The number of fused-ring (bicyclic) bond motifs is 1. The van der Waals surface area contributed by atoms with Gasteiger partial charge in [-0.3, -0.25) is 4.79 Å². The minimum Gasteiger partial charge on any atom is -0.488 e.